The maximum absolute atomic E-state index is 11.9. The molecule has 1 heterocycles. The number of imide groups is 1. The largest absolute Gasteiger partial charge is 0.347 e. The van der Waals surface area contributed by atoms with Gasteiger partial charge in [0, 0.05) is 31.5 Å². The summed E-state index contributed by atoms with van der Waals surface area (Å²) in [6, 6.07) is 8.32. The van der Waals surface area contributed by atoms with E-state index >= 15 is 0 Å². The zero-order chi connectivity index (χ0) is 24.1. The summed E-state index contributed by atoms with van der Waals surface area (Å²) in [5, 5.41) is 7.33. The highest BCUT2D eigenvalue weighted by molar-refractivity contribution is 6.12. The smallest absolute Gasteiger partial charge is 0.253 e. The lowest BCUT2D eigenvalue weighted by Gasteiger charge is -2.13. The Kier molecular flexibility index (Phi) is 10.5. The fraction of sp³-hybridized carbons (Fsp3) is 0.391. The molecule has 33 heavy (non-hydrogen) atoms. The lowest BCUT2D eigenvalue weighted by Crippen LogP contribution is -2.45. The van der Waals surface area contributed by atoms with Crippen molar-refractivity contribution in [1.29, 1.82) is 0 Å². The zero-order valence-electron chi connectivity index (χ0n) is 18.2. The van der Waals surface area contributed by atoms with Crippen molar-refractivity contribution in [3.8, 4) is 0 Å². The number of hydrogen-bond acceptors (Lipinski definition) is 6. The third-order valence-electron chi connectivity index (χ3n) is 4.84. The molecule has 0 fully saturated rings. The molecule has 0 bridgehead atoms. The molecule has 1 atom stereocenters. The molecule has 1 aliphatic heterocycles. The summed E-state index contributed by atoms with van der Waals surface area (Å²) < 4.78 is 0. The van der Waals surface area contributed by atoms with E-state index in [2.05, 4.69) is 16.0 Å². The van der Waals surface area contributed by atoms with Crippen LogP contribution in [0.25, 0.3) is 0 Å². The average molecular weight is 455 g/mol. The van der Waals surface area contributed by atoms with Crippen LogP contribution < -0.4 is 16.0 Å². The molecule has 0 spiro atoms. The number of hydrogen-bond donors (Lipinski definition) is 3. The summed E-state index contributed by atoms with van der Waals surface area (Å²) in [6.45, 7) is -0.295. The van der Waals surface area contributed by atoms with Crippen molar-refractivity contribution in [2.24, 2.45) is 0 Å². The van der Waals surface area contributed by atoms with Crippen molar-refractivity contribution < 1.29 is 28.8 Å². The van der Waals surface area contributed by atoms with Crippen LogP contribution in [-0.4, -0.2) is 66.4 Å². The van der Waals surface area contributed by atoms with E-state index in [0.29, 0.717) is 32.2 Å². The van der Waals surface area contributed by atoms with Crippen LogP contribution in [0.5, 0.6) is 0 Å². The second-order valence-electron chi connectivity index (χ2n) is 7.45. The van der Waals surface area contributed by atoms with Gasteiger partial charge in [0.05, 0.1) is 19.1 Å². The van der Waals surface area contributed by atoms with E-state index in [9.17, 15) is 28.8 Å². The summed E-state index contributed by atoms with van der Waals surface area (Å²) in [5.74, 6) is -2.04. The Morgan fingerprint density at radius 1 is 0.848 bits per heavy atom. The Bertz CT molecular complexity index is 881. The molecular formula is C23H27N4O6. The second kappa shape index (κ2) is 13.6. The van der Waals surface area contributed by atoms with Gasteiger partial charge in [0.15, 0.2) is 0 Å². The third kappa shape index (κ3) is 9.46. The first-order valence-corrected chi connectivity index (χ1v) is 10.7. The molecule has 0 saturated carbocycles. The third-order valence-corrected chi connectivity index (χ3v) is 4.84. The molecule has 10 heteroatoms. The van der Waals surface area contributed by atoms with Crippen LogP contribution in [0.1, 0.15) is 31.2 Å². The fourth-order valence-corrected chi connectivity index (χ4v) is 3.11. The normalized spacial score (nSPS) is 13.5. The first kappa shape index (κ1) is 25.4. The van der Waals surface area contributed by atoms with Crippen molar-refractivity contribution in [3.05, 3.63) is 48.0 Å². The van der Waals surface area contributed by atoms with E-state index in [1.807, 2.05) is 30.3 Å². The van der Waals surface area contributed by atoms with Gasteiger partial charge in [-0.05, 0) is 18.4 Å². The number of nitrogens with zero attached hydrogens (tertiary/aromatic N) is 1. The van der Waals surface area contributed by atoms with Crippen molar-refractivity contribution in [2.45, 2.75) is 38.1 Å². The van der Waals surface area contributed by atoms with Crippen LogP contribution in [0.3, 0.4) is 0 Å². The van der Waals surface area contributed by atoms with Crippen molar-refractivity contribution >= 4 is 35.8 Å². The molecule has 1 aromatic rings. The highest BCUT2D eigenvalue weighted by atomic mass is 16.2. The van der Waals surface area contributed by atoms with Crippen molar-refractivity contribution in [2.75, 3.05) is 19.6 Å². The van der Waals surface area contributed by atoms with Gasteiger partial charge in [-0.2, -0.15) is 0 Å². The summed E-state index contributed by atoms with van der Waals surface area (Å²) in [4.78, 5) is 70.7. The maximum Gasteiger partial charge on any atom is 0.253 e. The molecule has 10 nitrogen and oxygen atoms in total. The topological polar surface area (TPSA) is 142 Å². The Morgan fingerprint density at radius 3 is 2.15 bits per heavy atom. The minimum Gasteiger partial charge on any atom is -0.347 e. The Labute approximate surface area is 191 Å². The number of rotatable bonds is 14. The molecule has 1 aliphatic rings. The van der Waals surface area contributed by atoms with E-state index in [1.54, 1.807) is 6.29 Å². The van der Waals surface area contributed by atoms with E-state index in [4.69, 9.17) is 0 Å². The van der Waals surface area contributed by atoms with Crippen LogP contribution in [-0.2, 0) is 35.2 Å². The standard InChI is InChI=1S/C23H27N4O6/c28-16-18(13-17-7-3-1-4-8-17)26-21(31)15-25-20(30)14-24-19(29)9-5-2-6-12-27-22(32)10-11-23(27)33/h1,3-4,7-8,10-11,18H,2,5-6,9,12-15H2,(H,24,29)(H,25,30)(H,26,31)/t18-/m0/s1. The summed E-state index contributed by atoms with van der Waals surface area (Å²) in [7, 11) is 0. The zero-order valence-corrected chi connectivity index (χ0v) is 18.2. The number of unbranched alkanes of at least 4 members (excludes halogenated alkanes) is 2. The Hall–Kier alpha value is -3.82. The lowest BCUT2D eigenvalue weighted by molar-refractivity contribution is -0.137. The van der Waals surface area contributed by atoms with Crippen molar-refractivity contribution in [1.82, 2.24) is 20.9 Å². The molecule has 1 radical (unpaired) electrons. The van der Waals surface area contributed by atoms with Crippen LogP contribution in [0.2, 0.25) is 0 Å². The number of carbonyl (C=O) groups is 5. The first-order chi connectivity index (χ1) is 15.9. The predicted octanol–water partition coefficient (Wildman–Crippen LogP) is -0.459. The van der Waals surface area contributed by atoms with Crippen LogP contribution >= 0.6 is 0 Å². The van der Waals surface area contributed by atoms with Gasteiger partial charge in [0.2, 0.25) is 24.0 Å². The molecule has 3 N–H and O–H groups in total. The summed E-state index contributed by atoms with van der Waals surface area (Å²) >= 11 is 0. The van der Waals surface area contributed by atoms with E-state index in [0.717, 1.165) is 10.5 Å². The van der Waals surface area contributed by atoms with Crippen LogP contribution in [0.4, 0.5) is 0 Å². The molecule has 0 unspecified atom stereocenters. The molecule has 0 aliphatic carbocycles. The highest BCUT2D eigenvalue weighted by Crippen LogP contribution is 2.07. The molecule has 5 amide bonds. The van der Waals surface area contributed by atoms with Crippen molar-refractivity contribution in [3.63, 3.8) is 0 Å². The highest BCUT2D eigenvalue weighted by Gasteiger charge is 2.22. The molecule has 1 aromatic carbocycles. The van der Waals surface area contributed by atoms with Gasteiger partial charge in [0.1, 0.15) is 0 Å². The van der Waals surface area contributed by atoms with Gasteiger partial charge in [-0.1, -0.05) is 36.8 Å². The van der Waals surface area contributed by atoms with Gasteiger partial charge < -0.3 is 16.0 Å². The van der Waals surface area contributed by atoms with Gasteiger partial charge in [-0.15, -0.1) is 0 Å². The van der Waals surface area contributed by atoms with Gasteiger partial charge in [-0.25, -0.2) is 0 Å². The quantitative estimate of drug-likeness (QED) is 0.256. The second-order valence-corrected chi connectivity index (χ2v) is 7.45. The first-order valence-electron chi connectivity index (χ1n) is 10.7. The predicted molar refractivity (Wildman–Crippen MR) is 118 cm³/mol. The minimum absolute atomic E-state index is 0.199. The van der Waals surface area contributed by atoms with Gasteiger partial charge >= 0.3 is 0 Å². The molecule has 0 aromatic heterocycles. The maximum atomic E-state index is 11.9. The van der Waals surface area contributed by atoms with Gasteiger partial charge in [-0.3, -0.25) is 33.7 Å². The van der Waals surface area contributed by atoms with Crippen LogP contribution in [0, 0.1) is 0 Å². The van der Waals surface area contributed by atoms with Crippen LogP contribution in [0.15, 0.2) is 42.5 Å². The van der Waals surface area contributed by atoms with Gasteiger partial charge in [0.25, 0.3) is 11.8 Å². The Morgan fingerprint density at radius 2 is 1.48 bits per heavy atom. The summed E-state index contributed by atoms with van der Waals surface area (Å²) in [6.07, 6.45) is 6.50. The Balaban J connectivity index is 1.53. The summed E-state index contributed by atoms with van der Waals surface area (Å²) in [5.41, 5.74) is 0.868. The number of amides is 5. The van der Waals surface area contributed by atoms with E-state index in [-0.39, 0.29) is 37.2 Å². The SMILES string of the molecule is O=[C][C@H](Cc1ccccc1)NC(=O)CNC(=O)CNC(=O)CCCCCN1C(=O)C=CC1=O. The fourth-order valence-electron chi connectivity index (χ4n) is 3.11. The molecule has 0 saturated heterocycles. The monoisotopic (exact) mass is 455 g/mol. The number of carbonyl (C=O) groups excluding carboxylic acids is 6. The average Bonchev–Trinajstić information content (AvgIpc) is 3.13. The van der Waals surface area contributed by atoms with E-state index < -0.39 is 17.9 Å². The molecule has 175 valence electrons. The lowest BCUT2D eigenvalue weighted by atomic mass is 10.1. The minimum atomic E-state index is -0.825. The number of benzene rings is 1. The van der Waals surface area contributed by atoms with E-state index in [1.165, 1.54) is 12.2 Å². The number of nitrogens with one attached hydrogen (secondary N) is 3. The molecular weight excluding hydrogens is 428 g/mol. The molecule has 2 rings (SSSR count).